The van der Waals surface area contributed by atoms with Crippen molar-refractivity contribution in [2.45, 2.75) is 32.2 Å². The fourth-order valence-corrected chi connectivity index (χ4v) is 4.70. The number of nitrogens with one attached hydrogen (secondary N) is 1. The van der Waals surface area contributed by atoms with E-state index in [0.29, 0.717) is 6.54 Å². The van der Waals surface area contributed by atoms with Gasteiger partial charge >= 0.3 is 0 Å². The van der Waals surface area contributed by atoms with Crippen LogP contribution in [0.4, 0.5) is 5.82 Å². The monoisotopic (exact) mass is 372 g/mol. The number of aromatic nitrogens is 3. The Kier molecular flexibility index (Phi) is 4.86. The maximum absolute atomic E-state index is 13.1. The van der Waals surface area contributed by atoms with E-state index in [0.717, 1.165) is 65.4 Å². The first kappa shape index (κ1) is 17.4. The van der Waals surface area contributed by atoms with Gasteiger partial charge in [0.1, 0.15) is 17.8 Å². The van der Waals surface area contributed by atoms with Crippen molar-refractivity contribution in [1.82, 2.24) is 19.9 Å². The van der Waals surface area contributed by atoms with Gasteiger partial charge in [0.15, 0.2) is 0 Å². The number of fused-ring (bicyclic) bond motifs is 1. The van der Waals surface area contributed by atoms with Crippen LogP contribution in [0.2, 0.25) is 0 Å². The van der Waals surface area contributed by atoms with Gasteiger partial charge in [-0.3, -0.25) is 4.79 Å². The van der Waals surface area contributed by atoms with Crippen LogP contribution in [0.25, 0.3) is 11.0 Å². The number of rotatable bonds is 3. The highest BCUT2D eigenvalue weighted by Crippen LogP contribution is 2.32. The molecular weight excluding hydrogens is 348 g/mol. The van der Waals surface area contributed by atoms with Gasteiger partial charge in [-0.25, -0.2) is 9.97 Å². The normalized spacial score (nSPS) is 21.2. The van der Waals surface area contributed by atoms with Gasteiger partial charge in [-0.2, -0.15) is 0 Å². The average molecular weight is 372 g/mol. The van der Waals surface area contributed by atoms with E-state index in [9.17, 15) is 4.79 Å². The van der Waals surface area contributed by atoms with Gasteiger partial charge in [0.25, 0.3) is 5.91 Å². The van der Waals surface area contributed by atoms with Gasteiger partial charge < -0.3 is 20.5 Å². The van der Waals surface area contributed by atoms with Crippen LogP contribution in [0.3, 0.4) is 0 Å². The maximum atomic E-state index is 13.1. The second-order valence-corrected chi connectivity index (χ2v) is 7.95. The molecule has 2 aromatic heterocycles. The third-order valence-electron chi connectivity index (χ3n) is 5.15. The van der Waals surface area contributed by atoms with Crippen LogP contribution in [-0.4, -0.2) is 57.2 Å². The highest BCUT2D eigenvalue weighted by molar-refractivity contribution is 8.04. The minimum Gasteiger partial charge on any atom is -0.346 e. The number of anilines is 1. The van der Waals surface area contributed by atoms with E-state index in [4.69, 9.17) is 5.73 Å². The van der Waals surface area contributed by atoms with Crippen LogP contribution in [-0.2, 0) is 4.79 Å². The first-order chi connectivity index (χ1) is 12.7. The molecule has 0 aromatic carbocycles. The van der Waals surface area contributed by atoms with Crippen molar-refractivity contribution in [3.8, 4) is 0 Å². The molecule has 4 rings (SSSR count). The Labute approximate surface area is 157 Å². The molecule has 0 aliphatic carbocycles. The molecule has 0 unspecified atom stereocenters. The Morgan fingerprint density at radius 2 is 2.27 bits per heavy atom. The number of nitrogens with zero attached hydrogens (tertiary/aromatic N) is 4. The van der Waals surface area contributed by atoms with Crippen LogP contribution in [0.5, 0.6) is 0 Å². The van der Waals surface area contributed by atoms with Crippen LogP contribution in [0.1, 0.15) is 24.8 Å². The Morgan fingerprint density at radius 3 is 3.12 bits per heavy atom. The summed E-state index contributed by atoms with van der Waals surface area (Å²) in [6.07, 6.45) is 8.66. The standard InChI is InChI=1S/C18H24N6OS/c1-12-9-20-16-15(12)17(22-11-21-16)23-6-7-26-14(10-23)18(25)24-5-3-2-4-13(24)8-19/h9-11,13H,2-8,19H2,1H3,(H,20,21,22)/t13-/m1/s1. The molecule has 1 atom stereocenters. The van der Waals surface area contributed by atoms with Crippen LogP contribution in [0, 0.1) is 6.92 Å². The van der Waals surface area contributed by atoms with E-state index in [1.807, 2.05) is 24.2 Å². The van der Waals surface area contributed by atoms with Crippen molar-refractivity contribution in [3.05, 3.63) is 29.2 Å². The van der Waals surface area contributed by atoms with Gasteiger partial charge in [0.2, 0.25) is 0 Å². The van der Waals surface area contributed by atoms with Crippen molar-refractivity contribution in [2.24, 2.45) is 5.73 Å². The van der Waals surface area contributed by atoms with E-state index in [-0.39, 0.29) is 11.9 Å². The number of amides is 1. The lowest BCUT2D eigenvalue weighted by molar-refractivity contribution is -0.129. The third-order valence-corrected chi connectivity index (χ3v) is 6.13. The molecule has 4 heterocycles. The minimum atomic E-state index is 0.103. The SMILES string of the molecule is Cc1c[nH]c2ncnc(N3C=C(C(=O)N4CCCC[C@@H]4CN)SCC3)c12. The topological polar surface area (TPSA) is 91.1 Å². The van der Waals surface area contributed by atoms with E-state index in [1.54, 1.807) is 18.1 Å². The lowest BCUT2D eigenvalue weighted by Gasteiger charge is -2.36. The molecule has 1 fully saturated rings. The fraction of sp³-hybridized carbons (Fsp3) is 0.500. The van der Waals surface area contributed by atoms with Gasteiger partial charge in [-0.1, -0.05) is 0 Å². The van der Waals surface area contributed by atoms with E-state index in [2.05, 4.69) is 19.9 Å². The van der Waals surface area contributed by atoms with Crippen molar-refractivity contribution in [3.63, 3.8) is 0 Å². The summed E-state index contributed by atoms with van der Waals surface area (Å²) in [5, 5.41) is 1.01. The highest BCUT2D eigenvalue weighted by Gasteiger charge is 2.30. The molecule has 138 valence electrons. The van der Waals surface area contributed by atoms with E-state index in [1.165, 1.54) is 0 Å². The number of nitrogens with two attached hydrogens (primary N) is 1. The zero-order valence-electron chi connectivity index (χ0n) is 14.9. The molecule has 0 radical (unpaired) electrons. The zero-order valence-corrected chi connectivity index (χ0v) is 15.8. The fourth-order valence-electron chi connectivity index (χ4n) is 3.75. The zero-order chi connectivity index (χ0) is 18.1. The number of piperidine rings is 1. The summed E-state index contributed by atoms with van der Waals surface area (Å²) in [6.45, 7) is 4.19. The summed E-state index contributed by atoms with van der Waals surface area (Å²) in [5.41, 5.74) is 7.83. The van der Waals surface area contributed by atoms with Gasteiger partial charge in [-0.05, 0) is 31.7 Å². The van der Waals surface area contributed by atoms with Gasteiger partial charge in [-0.15, -0.1) is 11.8 Å². The number of likely N-dealkylation sites (tertiary alicyclic amines) is 1. The number of thioether (sulfide) groups is 1. The predicted octanol–water partition coefficient (Wildman–Crippen LogP) is 2.00. The molecule has 7 nitrogen and oxygen atoms in total. The number of carbonyl (C=O) groups excluding carboxylic acids is 1. The number of aromatic amines is 1. The largest absolute Gasteiger partial charge is 0.346 e. The van der Waals surface area contributed by atoms with Gasteiger partial charge in [0, 0.05) is 43.8 Å². The number of carbonyl (C=O) groups is 1. The lowest BCUT2D eigenvalue weighted by Crippen LogP contribution is -2.48. The first-order valence-electron chi connectivity index (χ1n) is 9.10. The molecule has 1 amide bonds. The molecule has 1 saturated heterocycles. The molecule has 2 aliphatic heterocycles. The average Bonchev–Trinajstić information content (AvgIpc) is 3.08. The second-order valence-electron chi connectivity index (χ2n) is 6.81. The number of hydrogen-bond donors (Lipinski definition) is 2. The molecule has 3 N–H and O–H groups in total. The lowest BCUT2D eigenvalue weighted by atomic mass is 10.0. The first-order valence-corrected chi connectivity index (χ1v) is 10.1. The Bertz CT molecular complexity index is 847. The summed E-state index contributed by atoms with van der Waals surface area (Å²) in [5.74, 6) is 1.81. The summed E-state index contributed by atoms with van der Waals surface area (Å²) >= 11 is 1.62. The van der Waals surface area contributed by atoms with Crippen molar-refractivity contribution < 1.29 is 4.79 Å². The second kappa shape index (κ2) is 7.28. The van der Waals surface area contributed by atoms with E-state index >= 15 is 0 Å². The van der Waals surface area contributed by atoms with Crippen LogP contribution >= 0.6 is 11.8 Å². The molecule has 26 heavy (non-hydrogen) atoms. The van der Waals surface area contributed by atoms with Crippen LogP contribution in [0.15, 0.2) is 23.6 Å². The van der Waals surface area contributed by atoms with Crippen molar-refractivity contribution in [1.29, 1.82) is 0 Å². The molecule has 2 aromatic rings. The van der Waals surface area contributed by atoms with E-state index < -0.39 is 0 Å². The molecule has 0 bridgehead atoms. The number of hydrogen-bond acceptors (Lipinski definition) is 6. The maximum Gasteiger partial charge on any atom is 0.262 e. The molecule has 8 heteroatoms. The predicted molar refractivity (Wildman–Crippen MR) is 105 cm³/mol. The molecule has 0 saturated carbocycles. The number of aryl methyl sites for hydroxylation is 1. The highest BCUT2D eigenvalue weighted by atomic mass is 32.2. The van der Waals surface area contributed by atoms with Crippen LogP contribution < -0.4 is 10.6 Å². The smallest absolute Gasteiger partial charge is 0.262 e. The quantitative estimate of drug-likeness (QED) is 0.856. The molecule has 0 spiro atoms. The molecular formula is C18H24N6OS. The summed E-state index contributed by atoms with van der Waals surface area (Å²) < 4.78 is 0. The minimum absolute atomic E-state index is 0.103. The van der Waals surface area contributed by atoms with Crippen molar-refractivity contribution in [2.75, 3.05) is 30.3 Å². The third kappa shape index (κ3) is 3.07. The summed E-state index contributed by atoms with van der Waals surface area (Å²) in [6, 6.07) is 0.158. The molecule has 2 aliphatic rings. The van der Waals surface area contributed by atoms with Gasteiger partial charge in [0.05, 0.1) is 10.3 Å². The van der Waals surface area contributed by atoms with Crippen molar-refractivity contribution >= 4 is 34.5 Å². The Hall–Kier alpha value is -2.06. The number of H-pyrrole nitrogens is 1. The Balaban J connectivity index is 1.65. The Morgan fingerprint density at radius 1 is 1.38 bits per heavy atom. The summed E-state index contributed by atoms with van der Waals surface area (Å²) in [7, 11) is 0. The summed E-state index contributed by atoms with van der Waals surface area (Å²) in [4.78, 5) is 29.9.